The van der Waals surface area contributed by atoms with Gasteiger partial charge < -0.3 is 24.6 Å². The van der Waals surface area contributed by atoms with Gasteiger partial charge in [0, 0.05) is 58.4 Å². The topological polar surface area (TPSA) is 66.9 Å². The van der Waals surface area contributed by atoms with Crippen LogP contribution in [0.25, 0.3) is 0 Å². The minimum absolute atomic E-state index is 0.0277. The molecule has 1 N–H and O–H groups in total. The molecular formula is C22H34N4O3. The third-order valence-corrected chi connectivity index (χ3v) is 6.46. The summed E-state index contributed by atoms with van der Waals surface area (Å²) in [4.78, 5) is 21.7. The summed E-state index contributed by atoms with van der Waals surface area (Å²) in [6, 6.07) is 4.12. The Bertz CT molecular complexity index is 682. The number of aromatic nitrogens is 1. The van der Waals surface area contributed by atoms with Gasteiger partial charge in [0.25, 0.3) is 0 Å². The second kappa shape index (κ2) is 8.88. The van der Waals surface area contributed by atoms with E-state index in [0.717, 1.165) is 43.2 Å². The monoisotopic (exact) mass is 402 g/mol. The second-order valence-electron chi connectivity index (χ2n) is 8.96. The van der Waals surface area contributed by atoms with E-state index in [1.54, 1.807) is 0 Å². The van der Waals surface area contributed by atoms with Crippen LogP contribution in [0.1, 0.15) is 45.1 Å². The van der Waals surface area contributed by atoms with Gasteiger partial charge in [-0.25, -0.2) is 9.78 Å². The highest BCUT2D eigenvalue weighted by Crippen LogP contribution is 2.31. The van der Waals surface area contributed by atoms with E-state index >= 15 is 0 Å². The number of anilines is 1. The average Bonchev–Trinajstić information content (AvgIpc) is 2.73. The lowest BCUT2D eigenvalue weighted by atomic mass is 9.91. The van der Waals surface area contributed by atoms with E-state index in [0.29, 0.717) is 32.8 Å². The van der Waals surface area contributed by atoms with E-state index < -0.39 is 0 Å². The molecule has 0 saturated carbocycles. The Kier molecular flexibility index (Phi) is 6.25. The predicted octanol–water partition coefficient (Wildman–Crippen LogP) is 2.80. The van der Waals surface area contributed by atoms with Crippen LogP contribution in [0.3, 0.4) is 0 Å². The number of hydrogen-bond donors (Lipinski definition) is 1. The van der Waals surface area contributed by atoms with Crippen LogP contribution in [0.2, 0.25) is 0 Å². The number of carbonyl (C=O) groups excluding carboxylic acids is 1. The smallest absolute Gasteiger partial charge is 0.317 e. The van der Waals surface area contributed by atoms with Crippen molar-refractivity contribution in [2.24, 2.45) is 5.92 Å². The maximum atomic E-state index is 12.8. The van der Waals surface area contributed by atoms with E-state index in [4.69, 9.17) is 9.47 Å². The summed E-state index contributed by atoms with van der Waals surface area (Å²) in [5.41, 5.74) is 0.775. The average molecular weight is 403 g/mol. The Balaban J connectivity index is 1.30. The molecule has 29 heavy (non-hydrogen) atoms. The van der Waals surface area contributed by atoms with Gasteiger partial charge in [0.15, 0.2) is 0 Å². The van der Waals surface area contributed by atoms with Gasteiger partial charge in [-0.2, -0.15) is 0 Å². The van der Waals surface area contributed by atoms with Crippen molar-refractivity contribution in [3.05, 3.63) is 23.9 Å². The van der Waals surface area contributed by atoms with Crippen LogP contribution >= 0.6 is 0 Å². The lowest BCUT2D eigenvalue weighted by Crippen LogP contribution is -2.60. The van der Waals surface area contributed by atoms with Crippen LogP contribution in [0, 0.1) is 5.92 Å². The van der Waals surface area contributed by atoms with Crippen molar-refractivity contribution in [2.45, 2.75) is 57.8 Å². The lowest BCUT2D eigenvalue weighted by Gasteiger charge is -2.47. The van der Waals surface area contributed by atoms with Crippen LogP contribution in [0.4, 0.5) is 10.6 Å². The lowest BCUT2D eigenvalue weighted by molar-refractivity contribution is -0.175. The van der Waals surface area contributed by atoms with Crippen molar-refractivity contribution in [3.63, 3.8) is 0 Å². The number of pyridine rings is 1. The molecule has 1 atom stereocenters. The van der Waals surface area contributed by atoms with Gasteiger partial charge in [0.05, 0.1) is 18.2 Å². The summed E-state index contributed by atoms with van der Waals surface area (Å²) in [6.45, 7) is 9.67. The van der Waals surface area contributed by atoms with Crippen LogP contribution in [-0.2, 0) is 16.0 Å². The molecule has 0 aliphatic carbocycles. The summed E-state index contributed by atoms with van der Waals surface area (Å²) in [5.74, 6) is 1.85. The molecule has 7 heteroatoms. The van der Waals surface area contributed by atoms with E-state index in [1.807, 2.05) is 18.0 Å². The molecule has 160 valence electrons. The van der Waals surface area contributed by atoms with Crippen LogP contribution in [0.15, 0.2) is 18.3 Å². The summed E-state index contributed by atoms with van der Waals surface area (Å²) >= 11 is 0. The fraction of sp³-hybridized carbons (Fsp3) is 0.727. The van der Waals surface area contributed by atoms with Gasteiger partial charge in [-0.1, -0.05) is 13.0 Å². The quantitative estimate of drug-likeness (QED) is 0.842. The van der Waals surface area contributed by atoms with E-state index in [-0.39, 0.29) is 17.7 Å². The maximum absolute atomic E-state index is 12.8. The van der Waals surface area contributed by atoms with Crippen molar-refractivity contribution >= 4 is 11.8 Å². The number of hydrogen-bond acceptors (Lipinski definition) is 5. The first-order valence-corrected chi connectivity index (χ1v) is 11.0. The number of amides is 2. The molecule has 4 heterocycles. The molecule has 3 fully saturated rings. The molecule has 1 aromatic heterocycles. The summed E-state index contributed by atoms with van der Waals surface area (Å²) < 4.78 is 11.7. The normalized spacial score (nSPS) is 25.2. The molecule has 1 aromatic rings. The van der Waals surface area contributed by atoms with Crippen molar-refractivity contribution in [1.82, 2.24) is 15.2 Å². The van der Waals surface area contributed by atoms with Crippen LogP contribution in [-0.4, -0.2) is 67.0 Å². The Morgan fingerprint density at radius 1 is 1.24 bits per heavy atom. The standard InChI is InChI=1S/C22H34N4O3/c1-17-5-9-25(10-6-17)20-4-3-19(13-23-20)14-24-21(27)26-15-18(2)29-22(16-26)7-11-28-12-8-22/h3-4,13,17-18H,5-12,14-16H2,1-2H3,(H,24,27). The maximum Gasteiger partial charge on any atom is 0.317 e. The van der Waals surface area contributed by atoms with Crippen molar-refractivity contribution in [3.8, 4) is 0 Å². The fourth-order valence-electron chi connectivity index (χ4n) is 4.63. The first kappa shape index (κ1) is 20.4. The Labute approximate surface area is 173 Å². The molecule has 7 nitrogen and oxygen atoms in total. The number of nitrogens with zero attached hydrogens (tertiary/aromatic N) is 3. The predicted molar refractivity (Wildman–Crippen MR) is 112 cm³/mol. The highest BCUT2D eigenvalue weighted by atomic mass is 16.5. The van der Waals surface area contributed by atoms with Crippen LogP contribution < -0.4 is 10.2 Å². The second-order valence-corrected chi connectivity index (χ2v) is 8.96. The molecule has 0 bridgehead atoms. The third kappa shape index (κ3) is 5.01. The largest absolute Gasteiger partial charge is 0.381 e. The first-order valence-electron chi connectivity index (χ1n) is 11.0. The van der Waals surface area contributed by atoms with Gasteiger partial charge in [0.2, 0.25) is 0 Å². The molecule has 0 radical (unpaired) electrons. The molecule has 3 saturated heterocycles. The molecule has 0 aromatic carbocycles. The minimum Gasteiger partial charge on any atom is -0.381 e. The summed E-state index contributed by atoms with van der Waals surface area (Å²) in [7, 11) is 0. The highest BCUT2D eigenvalue weighted by Gasteiger charge is 2.42. The number of piperidine rings is 1. The molecule has 1 spiro atoms. The number of nitrogens with one attached hydrogen (secondary N) is 1. The molecule has 4 rings (SSSR count). The fourth-order valence-corrected chi connectivity index (χ4v) is 4.63. The zero-order valence-corrected chi connectivity index (χ0v) is 17.7. The number of carbonyl (C=O) groups is 1. The number of urea groups is 1. The number of ether oxygens (including phenoxy) is 2. The van der Waals surface area contributed by atoms with E-state index in [9.17, 15) is 4.79 Å². The van der Waals surface area contributed by atoms with Gasteiger partial charge in [-0.15, -0.1) is 0 Å². The highest BCUT2D eigenvalue weighted by molar-refractivity contribution is 5.74. The van der Waals surface area contributed by atoms with E-state index in [1.165, 1.54) is 12.8 Å². The molecule has 3 aliphatic heterocycles. The zero-order chi connectivity index (χ0) is 20.3. The van der Waals surface area contributed by atoms with Gasteiger partial charge in [0.1, 0.15) is 5.82 Å². The zero-order valence-electron chi connectivity index (χ0n) is 17.7. The molecule has 2 amide bonds. The SMILES string of the molecule is CC1CCN(c2ccc(CNC(=O)N3CC(C)OC4(CCOCC4)C3)cn2)CC1. The molecule has 3 aliphatic rings. The number of morpholine rings is 1. The van der Waals surface area contributed by atoms with Gasteiger partial charge in [-0.05, 0) is 37.3 Å². The summed E-state index contributed by atoms with van der Waals surface area (Å²) in [5, 5.41) is 3.06. The van der Waals surface area contributed by atoms with E-state index in [2.05, 4.69) is 34.3 Å². The molecular weight excluding hydrogens is 368 g/mol. The van der Waals surface area contributed by atoms with Crippen molar-refractivity contribution in [2.75, 3.05) is 44.3 Å². The molecule has 1 unspecified atom stereocenters. The van der Waals surface area contributed by atoms with Crippen molar-refractivity contribution < 1.29 is 14.3 Å². The van der Waals surface area contributed by atoms with Crippen molar-refractivity contribution in [1.29, 1.82) is 0 Å². The summed E-state index contributed by atoms with van der Waals surface area (Å²) in [6.07, 6.45) is 6.08. The Hall–Kier alpha value is -1.86. The third-order valence-electron chi connectivity index (χ3n) is 6.46. The van der Waals surface area contributed by atoms with Gasteiger partial charge >= 0.3 is 6.03 Å². The minimum atomic E-state index is -0.248. The number of rotatable bonds is 3. The van der Waals surface area contributed by atoms with Gasteiger partial charge in [-0.3, -0.25) is 0 Å². The van der Waals surface area contributed by atoms with Crippen LogP contribution in [0.5, 0.6) is 0 Å². The Morgan fingerprint density at radius 2 is 2.00 bits per heavy atom. The first-order chi connectivity index (χ1) is 14.0. The Morgan fingerprint density at radius 3 is 2.69 bits per heavy atom.